The van der Waals surface area contributed by atoms with Gasteiger partial charge >= 0.3 is 5.97 Å². The van der Waals surface area contributed by atoms with Gasteiger partial charge in [-0.1, -0.05) is 0 Å². The van der Waals surface area contributed by atoms with Crippen molar-refractivity contribution < 1.29 is 26.7 Å². The Hall–Kier alpha value is -0.320. The topological polar surface area (TPSA) is 109 Å². The van der Waals surface area contributed by atoms with E-state index in [2.05, 4.69) is 0 Å². The summed E-state index contributed by atoms with van der Waals surface area (Å²) in [6, 6.07) is -1.09. The first-order valence-corrected chi connectivity index (χ1v) is 9.44. The highest BCUT2D eigenvalue weighted by Crippen LogP contribution is 2.24. The molecule has 17 heavy (non-hydrogen) atoms. The highest BCUT2D eigenvalue weighted by atomic mass is 32.2. The number of hydrogen-bond acceptors (Lipinski definition) is 6. The predicted molar refractivity (Wildman–Crippen MR) is 64.1 cm³/mol. The molecule has 0 bridgehead atoms. The molecule has 1 heterocycles. The highest BCUT2D eigenvalue weighted by Gasteiger charge is 2.39. The van der Waals surface area contributed by atoms with Crippen molar-refractivity contribution in [3.63, 3.8) is 0 Å². The Morgan fingerprint density at radius 3 is 2.41 bits per heavy atom. The van der Waals surface area contributed by atoms with Crippen LogP contribution in [0.3, 0.4) is 0 Å². The quantitative estimate of drug-likeness (QED) is 0.681. The van der Waals surface area contributed by atoms with Crippen molar-refractivity contribution in [2.24, 2.45) is 0 Å². The van der Waals surface area contributed by atoms with Gasteiger partial charge in [-0.25, -0.2) is 16.8 Å². The Morgan fingerprint density at radius 2 is 1.94 bits per heavy atom. The van der Waals surface area contributed by atoms with Crippen LogP contribution in [0.1, 0.15) is 0 Å². The summed E-state index contributed by atoms with van der Waals surface area (Å²) in [6.07, 6.45) is 0.940. The number of carbonyl (C=O) groups is 1. The number of sulfone groups is 1. The summed E-state index contributed by atoms with van der Waals surface area (Å²) in [5, 5.41) is 8.84. The lowest BCUT2D eigenvalue weighted by molar-refractivity contribution is -0.140. The van der Waals surface area contributed by atoms with Crippen LogP contribution in [0.15, 0.2) is 0 Å². The zero-order valence-electron chi connectivity index (χ0n) is 9.07. The fraction of sp³-hybridized carbons (Fsp3) is 0.857. The Bertz CT molecular complexity index is 496. The molecule has 10 heteroatoms. The molecule has 7 nitrogen and oxygen atoms in total. The van der Waals surface area contributed by atoms with Gasteiger partial charge in [0, 0.05) is 12.0 Å². The van der Waals surface area contributed by atoms with E-state index in [0.717, 1.165) is 10.6 Å². The third kappa shape index (κ3) is 4.12. The van der Waals surface area contributed by atoms with E-state index in [0.29, 0.717) is 0 Å². The summed E-state index contributed by atoms with van der Waals surface area (Å²) in [6.45, 7) is 0. The molecular weight excluding hydrogens is 290 g/mol. The minimum Gasteiger partial charge on any atom is -0.480 e. The molecule has 0 amide bonds. The van der Waals surface area contributed by atoms with E-state index < -0.39 is 43.4 Å². The van der Waals surface area contributed by atoms with Gasteiger partial charge in [-0.05, 0) is 0 Å². The number of thioether (sulfide) groups is 1. The van der Waals surface area contributed by atoms with Gasteiger partial charge in [0.05, 0.1) is 17.4 Å². The zero-order valence-corrected chi connectivity index (χ0v) is 11.5. The average molecular weight is 303 g/mol. The van der Waals surface area contributed by atoms with Crippen LogP contribution < -0.4 is 0 Å². The Labute approximate surface area is 104 Å². The van der Waals surface area contributed by atoms with Crippen molar-refractivity contribution in [2.45, 2.75) is 6.04 Å². The molecule has 0 aliphatic carbocycles. The van der Waals surface area contributed by atoms with Crippen LogP contribution in [0.5, 0.6) is 0 Å². The lowest BCUT2D eigenvalue weighted by Crippen LogP contribution is -2.43. The van der Waals surface area contributed by atoms with Gasteiger partial charge < -0.3 is 5.11 Å². The van der Waals surface area contributed by atoms with Crippen LogP contribution in [-0.2, 0) is 24.7 Å². The molecule has 100 valence electrons. The second-order valence-corrected chi connectivity index (χ2v) is 8.99. The van der Waals surface area contributed by atoms with Crippen LogP contribution in [0, 0.1) is 0 Å². The van der Waals surface area contributed by atoms with Gasteiger partial charge in [-0.2, -0.15) is 4.31 Å². The lowest BCUT2D eigenvalue weighted by atomic mass is 10.4. The van der Waals surface area contributed by atoms with E-state index in [4.69, 9.17) is 5.11 Å². The van der Waals surface area contributed by atoms with Crippen molar-refractivity contribution in [1.82, 2.24) is 4.31 Å². The number of nitrogens with zero attached hydrogens (tertiary/aromatic N) is 1. The largest absolute Gasteiger partial charge is 0.480 e. The number of rotatable bonds is 5. The third-order valence-electron chi connectivity index (χ3n) is 2.20. The van der Waals surface area contributed by atoms with Crippen LogP contribution in [-0.4, -0.2) is 67.6 Å². The molecular formula is C7H13NO6S3. The highest BCUT2D eigenvalue weighted by molar-refractivity contribution is 8.01. The minimum atomic E-state index is -3.83. The van der Waals surface area contributed by atoms with E-state index in [9.17, 15) is 21.6 Å². The normalized spacial score (nSPS) is 22.8. The molecule has 1 rings (SSSR count). The molecule has 1 aliphatic rings. The summed E-state index contributed by atoms with van der Waals surface area (Å²) in [4.78, 5) is 10.8. The minimum absolute atomic E-state index is 0.0586. The summed E-state index contributed by atoms with van der Waals surface area (Å²) >= 11 is 1.20. The molecule has 0 saturated carbocycles. The van der Waals surface area contributed by atoms with Crippen LogP contribution >= 0.6 is 11.8 Å². The first-order valence-electron chi connectivity index (χ1n) is 4.61. The van der Waals surface area contributed by atoms with E-state index in [1.807, 2.05) is 0 Å². The fourth-order valence-electron chi connectivity index (χ4n) is 1.27. The molecule has 1 atom stereocenters. The van der Waals surface area contributed by atoms with Gasteiger partial charge in [0.1, 0.15) is 15.9 Å². The molecule has 1 aliphatic heterocycles. The maximum absolute atomic E-state index is 11.8. The first-order chi connectivity index (χ1) is 7.63. The maximum atomic E-state index is 11.8. The number of carboxylic acid groups (broad SMARTS) is 1. The summed E-state index contributed by atoms with van der Waals surface area (Å²) in [5.74, 6) is -2.03. The van der Waals surface area contributed by atoms with E-state index in [1.54, 1.807) is 0 Å². The maximum Gasteiger partial charge on any atom is 0.322 e. The second kappa shape index (κ2) is 5.12. The summed E-state index contributed by atoms with van der Waals surface area (Å²) in [7, 11) is -7.22. The van der Waals surface area contributed by atoms with Crippen molar-refractivity contribution in [1.29, 1.82) is 0 Å². The molecule has 1 N–H and O–H groups in total. The number of hydrogen-bond donors (Lipinski definition) is 1. The number of sulfonamides is 1. The van der Waals surface area contributed by atoms with Crippen LogP contribution in [0.25, 0.3) is 0 Å². The van der Waals surface area contributed by atoms with Crippen molar-refractivity contribution >= 4 is 37.6 Å². The van der Waals surface area contributed by atoms with E-state index in [-0.39, 0.29) is 11.6 Å². The van der Waals surface area contributed by atoms with Gasteiger partial charge in [-0.3, -0.25) is 4.79 Å². The first kappa shape index (κ1) is 14.7. The average Bonchev–Trinajstić information content (AvgIpc) is 2.62. The van der Waals surface area contributed by atoms with Crippen LogP contribution in [0.2, 0.25) is 0 Å². The molecule has 0 spiro atoms. The van der Waals surface area contributed by atoms with Crippen LogP contribution in [0.4, 0.5) is 0 Å². The fourth-order valence-corrected chi connectivity index (χ4v) is 6.08. The van der Waals surface area contributed by atoms with E-state index >= 15 is 0 Å². The Morgan fingerprint density at radius 1 is 1.35 bits per heavy atom. The molecule has 1 saturated heterocycles. The number of aliphatic carboxylic acids is 1. The molecule has 1 fully saturated rings. The van der Waals surface area contributed by atoms with Crippen molar-refractivity contribution in [2.75, 3.05) is 29.4 Å². The zero-order chi connectivity index (χ0) is 13.3. The molecule has 1 unspecified atom stereocenters. The van der Waals surface area contributed by atoms with Gasteiger partial charge in [0.25, 0.3) is 0 Å². The molecule has 0 aromatic heterocycles. The van der Waals surface area contributed by atoms with Crippen molar-refractivity contribution in [3.8, 4) is 0 Å². The van der Waals surface area contributed by atoms with E-state index in [1.165, 1.54) is 11.8 Å². The summed E-state index contributed by atoms with van der Waals surface area (Å²) < 4.78 is 46.2. The monoisotopic (exact) mass is 303 g/mol. The molecule has 0 aromatic rings. The Balaban J connectivity index is 2.80. The third-order valence-corrected chi connectivity index (χ3v) is 6.39. The lowest BCUT2D eigenvalue weighted by Gasteiger charge is -2.19. The van der Waals surface area contributed by atoms with Gasteiger partial charge in [0.2, 0.25) is 10.0 Å². The summed E-state index contributed by atoms with van der Waals surface area (Å²) in [5.41, 5.74) is 0. The number of carboxylic acids is 1. The SMILES string of the molecule is CS(=O)(=O)CCS(=O)(=O)N1CSCC1C(=O)O. The van der Waals surface area contributed by atoms with Crippen molar-refractivity contribution in [3.05, 3.63) is 0 Å². The predicted octanol–water partition coefficient (Wildman–Crippen LogP) is -1.18. The standard InChI is InChI=1S/C7H13NO6S3/c1-16(11,12)2-3-17(13,14)8-5-15-4-6(8)7(9)10/h6H,2-5H2,1H3,(H,9,10). The molecule has 0 radical (unpaired) electrons. The van der Waals surface area contributed by atoms with Gasteiger partial charge in [-0.15, -0.1) is 11.8 Å². The molecule has 0 aromatic carbocycles. The smallest absolute Gasteiger partial charge is 0.322 e. The van der Waals surface area contributed by atoms with Gasteiger partial charge in [0.15, 0.2) is 0 Å². The Kier molecular flexibility index (Phi) is 4.44. The second-order valence-electron chi connectivity index (χ2n) is 3.69.